The number of hydrogen-bond donors (Lipinski definition) is 0. The normalized spacial score (nSPS) is 12.3. The van der Waals surface area contributed by atoms with Gasteiger partial charge in [0.25, 0.3) is 0 Å². The van der Waals surface area contributed by atoms with Crippen LogP contribution in [0.2, 0.25) is 0 Å². The Balaban J connectivity index is 1.75. The van der Waals surface area contributed by atoms with E-state index in [1.165, 1.54) is 7.11 Å². The van der Waals surface area contributed by atoms with E-state index in [0.29, 0.717) is 18.0 Å². The quantitative estimate of drug-likeness (QED) is 0.625. The summed E-state index contributed by atoms with van der Waals surface area (Å²) >= 11 is 0. The predicted octanol–water partition coefficient (Wildman–Crippen LogP) is 3.62. The van der Waals surface area contributed by atoms with Crippen LogP contribution in [0.25, 0.3) is 11.5 Å². The molecule has 0 fully saturated rings. The first-order valence-corrected chi connectivity index (χ1v) is 8.25. The van der Waals surface area contributed by atoms with Gasteiger partial charge in [-0.15, -0.1) is 0 Å². The molecule has 2 heterocycles. The highest BCUT2D eigenvalue weighted by atomic mass is 16.5. The molecule has 0 aliphatic carbocycles. The summed E-state index contributed by atoms with van der Waals surface area (Å²) in [6.45, 7) is 4.56. The average Bonchev–Trinajstić information content (AvgIpc) is 3.31. The number of ether oxygens (including phenoxy) is 1. The molecule has 2 aromatic heterocycles. The van der Waals surface area contributed by atoms with Crippen LogP contribution in [0.4, 0.5) is 0 Å². The first-order chi connectivity index (χ1) is 12.5. The van der Waals surface area contributed by atoms with Crippen molar-refractivity contribution in [1.82, 2.24) is 15.0 Å². The topological polar surface area (TPSA) is 81.6 Å². The Morgan fingerprint density at radius 2 is 2.00 bits per heavy atom. The van der Waals surface area contributed by atoms with Crippen molar-refractivity contribution >= 4 is 5.97 Å². The Morgan fingerprint density at radius 3 is 2.62 bits per heavy atom. The van der Waals surface area contributed by atoms with Crippen LogP contribution >= 0.6 is 0 Å². The van der Waals surface area contributed by atoms with E-state index in [9.17, 15) is 4.79 Å². The summed E-state index contributed by atoms with van der Waals surface area (Å²) in [6, 6.07) is 8.92. The molecule has 7 nitrogen and oxygen atoms in total. The lowest BCUT2D eigenvalue weighted by molar-refractivity contribution is 0.0600. The van der Waals surface area contributed by atoms with Crippen molar-refractivity contribution < 1.29 is 18.5 Å². The fraction of sp³-hybridized carbons (Fsp3) is 0.316. The number of aryl methyl sites for hydroxylation is 1. The lowest BCUT2D eigenvalue weighted by Crippen LogP contribution is -2.22. The van der Waals surface area contributed by atoms with Crippen molar-refractivity contribution in [1.29, 1.82) is 0 Å². The fourth-order valence-corrected chi connectivity index (χ4v) is 2.60. The first kappa shape index (κ1) is 17.9. The monoisotopic (exact) mass is 355 g/mol. The molecular weight excluding hydrogens is 334 g/mol. The minimum atomic E-state index is -0.371. The maximum atomic E-state index is 11.5. The van der Waals surface area contributed by atoms with Crippen LogP contribution in [0.15, 0.2) is 45.5 Å². The maximum Gasteiger partial charge on any atom is 0.337 e. The minimum absolute atomic E-state index is 0.0904. The molecule has 7 heteroatoms. The lowest BCUT2D eigenvalue weighted by atomic mass is 10.1. The van der Waals surface area contributed by atoms with E-state index in [1.54, 1.807) is 30.5 Å². The van der Waals surface area contributed by atoms with Gasteiger partial charge in [-0.05, 0) is 45.2 Å². The maximum absolute atomic E-state index is 11.5. The van der Waals surface area contributed by atoms with E-state index in [0.717, 1.165) is 22.7 Å². The summed E-state index contributed by atoms with van der Waals surface area (Å²) in [5.74, 6) is 0.914. The second-order valence-electron chi connectivity index (χ2n) is 6.11. The molecular formula is C19H21N3O4. The van der Waals surface area contributed by atoms with Crippen LogP contribution in [0.3, 0.4) is 0 Å². The van der Waals surface area contributed by atoms with Crippen LogP contribution in [-0.4, -0.2) is 35.2 Å². The number of rotatable bonds is 6. The number of hydrogen-bond acceptors (Lipinski definition) is 7. The second-order valence-corrected chi connectivity index (χ2v) is 6.11. The van der Waals surface area contributed by atoms with Crippen LogP contribution in [0, 0.1) is 6.92 Å². The Morgan fingerprint density at radius 1 is 1.27 bits per heavy atom. The Hall–Kier alpha value is -2.93. The van der Waals surface area contributed by atoms with E-state index in [4.69, 9.17) is 13.7 Å². The van der Waals surface area contributed by atoms with Gasteiger partial charge in [-0.3, -0.25) is 4.90 Å². The molecule has 3 rings (SSSR count). The van der Waals surface area contributed by atoms with Crippen molar-refractivity contribution in [2.24, 2.45) is 0 Å². The van der Waals surface area contributed by atoms with E-state index in [2.05, 4.69) is 22.0 Å². The molecule has 1 atom stereocenters. The largest absolute Gasteiger partial charge is 0.465 e. The summed E-state index contributed by atoms with van der Waals surface area (Å²) in [5.41, 5.74) is 3.02. The molecule has 0 N–H and O–H groups in total. The van der Waals surface area contributed by atoms with Gasteiger partial charge in [0.2, 0.25) is 5.89 Å². The molecule has 136 valence electrons. The first-order valence-electron chi connectivity index (χ1n) is 8.25. The van der Waals surface area contributed by atoms with Gasteiger partial charge < -0.3 is 13.7 Å². The predicted molar refractivity (Wildman–Crippen MR) is 94.4 cm³/mol. The van der Waals surface area contributed by atoms with Crippen LogP contribution in [0.5, 0.6) is 0 Å². The van der Waals surface area contributed by atoms with Crippen molar-refractivity contribution in [3.63, 3.8) is 0 Å². The van der Waals surface area contributed by atoms with Gasteiger partial charge in [-0.25, -0.2) is 9.78 Å². The molecule has 0 bridgehead atoms. The van der Waals surface area contributed by atoms with Crippen molar-refractivity contribution in [3.8, 4) is 11.5 Å². The van der Waals surface area contributed by atoms with Gasteiger partial charge in [0.05, 0.1) is 24.4 Å². The Bertz CT molecular complexity index is 869. The molecule has 0 aliphatic heterocycles. The summed E-state index contributed by atoms with van der Waals surface area (Å²) < 4.78 is 15.4. The van der Waals surface area contributed by atoms with Gasteiger partial charge >= 0.3 is 5.97 Å². The van der Waals surface area contributed by atoms with Crippen LogP contribution < -0.4 is 0 Å². The van der Waals surface area contributed by atoms with Gasteiger partial charge in [0, 0.05) is 18.2 Å². The number of esters is 1. The third-order valence-corrected chi connectivity index (χ3v) is 4.39. The van der Waals surface area contributed by atoms with Gasteiger partial charge in [0.1, 0.15) is 17.7 Å². The van der Waals surface area contributed by atoms with E-state index in [-0.39, 0.29) is 12.0 Å². The molecule has 1 aromatic carbocycles. The van der Waals surface area contributed by atoms with E-state index < -0.39 is 0 Å². The van der Waals surface area contributed by atoms with Gasteiger partial charge in [0.15, 0.2) is 0 Å². The number of nitrogens with zero attached hydrogens (tertiary/aromatic N) is 3. The van der Waals surface area contributed by atoms with Crippen molar-refractivity contribution in [2.75, 3.05) is 14.2 Å². The zero-order chi connectivity index (χ0) is 18.7. The smallest absolute Gasteiger partial charge is 0.337 e. The SMILES string of the molecule is COC(=O)c1ccc(-c2nc(CN(C)C(C)c3ccon3)c(C)o2)cc1. The third-order valence-electron chi connectivity index (χ3n) is 4.39. The van der Waals surface area contributed by atoms with Gasteiger partial charge in [-0.1, -0.05) is 5.16 Å². The fourth-order valence-electron chi connectivity index (χ4n) is 2.60. The third kappa shape index (κ3) is 3.67. The summed E-state index contributed by atoms with van der Waals surface area (Å²) in [6.07, 6.45) is 1.57. The summed E-state index contributed by atoms with van der Waals surface area (Å²) in [4.78, 5) is 18.3. The zero-order valence-corrected chi connectivity index (χ0v) is 15.2. The van der Waals surface area contributed by atoms with Crippen LogP contribution in [0.1, 0.15) is 40.5 Å². The highest BCUT2D eigenvalue weighted by Crippen LogP contribution is 2.25. The average molecular weight is 355 g/mol. The van der Waals surface area contributed by atoms with Crippen molar-refractivity contribution in [2.45, 2.75) is 26.4 Å². The Labute approximate surface area is 151 Å². The second kappa shape index (κ2) is 7.53. The zero-order valence-electron chi connectivity index (χ0n) is 15.2. The molecule has 0 saturated heterocycles. The number of methoxy groups -OCH3 is 1. The molecule has 0 saturated carbocycles. The van der Waals surface area contributed by atoms with E-state index in [1.807, 2.05) is 20.0 Å². The van der Waals surface area contributed by atoms with E-state index >= 15 is 0 Å². The number of benzene rings is 1. The standard InChI is InChI=1S/C19H21N3O4/c1-12(16-9-10-25-21-16)22(3)11-17-13(2)26-18(20-17)14-5-7-15(8-6-14)19(23)24-4/h5-10,12H,11H2,1-4H3. The molecule has 0 aliphatic rings. The molecule has 26 heavy (non-hydrogen) atoms. The molecule has 1 unspecified atom stereocenters. The van der Waals surface area contributed by atoms with Crippen LogP contribution in [-0.2, 0) is 11.3 Å². The molecule has 0 amide bonds. The number of oxazole rings is 1. The minimum Gasteiger partial charge on any atom is -0.465 e. The highest BCUT2D eigenvalue weighted by molar-refractivity contribution is 5.89. The number of aromatic nitrogens is 2. The lowest BCUT2D eigenvalue weighted by Gasteiger charge is -2.21. The Kier molecular flexibility index (Phi) is 5.18. The number of carbonyl (C=O) groups excluding carboxylic acids is 1. The molecule has 0 radical (unpaired) electrons. The molecule has 0 spiro atoms. The summed E-state index contributed by atoms with van der Waals surface area (Å²) in [7, 11) is 3.36. The highest BCUT2D eigenvalue weighted by Gasteiger charge is 2.19. The molecule has 3 aromatic rings. The van der Waals surface area contributed by atoms with Crippen molar-refractivity contribution in [3.05, 3.63) is 59.3 Å². The van der Waals surface area contributed by atoms with Gasteiger partial charge in [-0.2, -0.15) is 0 Å². The summed E-state index contributed by atoms with van der Waals surface area (Å²) in [5, 5.41) is 3.99. The number of carbonyl (C=O) groups is 1.